The van der Waals surface area contributed by atoms with E-state index in [1.165, 1.54) is 71.3 Å². The second kappa shape index (κ2) is 9.69. The van der Waals surface area contributed by atoms with Gasteiger partial charge in [0.2, 0.25) is 0 Å². The molecule has 2 heterocycles. The van der Waals surface area contributed by atoms with Gasteiger partial charge in [-0.15, -0.1) is 0 Å². The molecule has 0 amide bonds. The average molecular weight is 586 g/mol. The summed E-state index contributed by atoms with van der Waals surface area (Å²) in [6, 6.07) is 59.2. The number of nitrogens with zero attached hydrogens (tertiary/aromatic N) is 1. The van der Waals surface area contributed by atoms with E-state index in [1.807, 2.05) is 12.1 Å². The molecule has 0 aliphatic carbocycles. The quantitative estimate of drug-likeness (QED) is 0.189. The Balaban J connectivity index is 1.11. The van der Waals surface area contributed by atoms with Crippen molar-refractivity contribution in [3.63, 3.8) is 0 Å². The molecule has 2 nitrogen and oxygen atoms in total. The number of aromatic nitrogens is 1. The first-order chi connectivity index (χ1) is 22.8. The molecule has 0 aliphatic rings. The lowest BCUT2D eigenvalue weighted by Crippen LogP contribution is -1.96. The Morgan fingerprint density at radius 2 is 0.870 bits per heavy atom. The topological polar surface area (TPSA) is 18.1 Å². The van der Waals surface area contributed by atoms with E-state index in [9.17, 15) is 0 Å². The van der Waals surface area contributed by atoms with E-state index in [-0.39, 0.29) is 0 Å². The van der Waals surface area contributed by atoms with Crippen LogP contribution in [0.4, 0.5) is 0 Å². The minimum atomic E-state index is 0.922. The van der Waals surface area contributed by atoms with Crippen LogP contribution in [0.25, 0.3) is 93.2 Å². The van der Waals surface area contributed by atoms with Crippen LogP contribution in [-0.4, -0.2) is 4.57 Å². The first-order valence-electron chi connectivity index (χ1n) is 15.8. The molecule has 46 heavy (non-hydrogen) atoms. The van der Waals surface area contributed by atoms with Crippen LogP contribution in [0.3, 0.4) is 0 Å². The minimum absolute atomic E-state index is 0.922. The zero-order valence-corrected chi connectivity index (χ0v) is 24.9. The molecule has 0 fully saturated rings. The summed E-state index contributed by atoms with van der Waals surface area (Å²) in [6.07, 6.45) is 0. The Kier molecular flexibility index (Phi) is 5.31. The van der Waals surface area contributed by atoms with E-state index < -0.39 is 0 Å². The highest BCUT2D eigenvalue weighted by Gasteiger charge is 2.16. The number of rotatable bonds is 3. The van der Waals surface area contributed by atoms with Crippen molar-refractivity contribution in [3.8, 4) is 27.9 Å². The van der Waals surface area contributed by atoms with Gasteiger partial charge in [-0.3, -0.25) is 0 Å². The van der Waals surface area contributed by atoms with Crippen LogP contribution in [0, 0.1) is 0 Å². The Morgan fingerprint density at radius 1 is 0.326 bits per heavy atom. The SMILES string of the molecule is c1ccc2c(c1)cc(-n1c3ccccc3c3cc(-c4ccc(-c5ccc6oc7ccccc7c6c5)cc4)ccc31)c1ccccc12. The number of para-hydroxylation sites is 2. The van der Waals surface area contributed by atoms with Crippen LogP contribution in [0.2, 0.25) is 0 Å². The summed E-state index contributed by atoms with van der Waals surface area (Å²) in [7, 11) is 0. The van der Waals surface area contributed by atoms with Crippen molar-refractivity contribution in [2.45, 2.75) is 0 Å². The summed E-state index contributed by atoms with van der Waals surface area (Å²) in [5.74, 6) is 0. The molecular weight excluding hydrogens is 558 g/mol. The number of benzene rings is 8. The molecule has 0 bridgehead atoms. The van der Waals surface area contributed by atoms with Gasteiger partial charge in [0.1, 0.15) is 11.2 Å². The van der Waals surface area contributed by atoms with Gasteiger partial charge in [-0.25, -0.2) is 0 Å². The third-order valence-corrected chi connectivity index (χ3v) is 9.59. The zero-order valence-electron chi connectivity index (χ0n) is 24.9. The van der Waals surface area contributed by atoms with Gasteiger partial charge in [-0.1, -0.05) is 121 Å². The highest BCUT2D eigenvalue weighted by molar-refractivity contribution is 6.15. The molecule has 10 rings (SSSR count). The van der Waals surface area contributed by atoms with Gasteiger partial charge in [0.25, 0.3) is 0 Å². The molecule has 0 saturated heterocycles. The molecule has 0 radical (unpaired) electrons. The second-order valence-corrected chi connectivity index (χ2v) is 12.1. The van der Waals surface area contributed by atoms with Crippen LogP contribution >= 0.6 is 0 Å². The van der Waals surface area contributed by atoms with E-state index in [0.29, 0.717) is 0 Å². The van der Waals surface area contributed by atoms with Crippen molar-refractivity contribution in [3.05, 3.63) is 164 Å². The molecule has 0 N–H and O–H groups in total. The summed E-state index contributed by atoms with van der Waals surface area (Å²) in [6.45, 7) is 0. The Morgan fingerprint density at radius 3 is 1.67 bits per heavy atom. The molecule has 214 valence electrons. The number of hydrogen-bond acceptors (Lipinski definition) is 1. The Labute approximate surface area is 265 Å². The fourth-order valence-electron chi connectivity index (χ4n) is 7.39. The maximum Gasteiger partial charge on any atom is 0.135 e. The standard InChI is InChI=1S/C44H27NO/c1-2-10-33-32(9-1)27-42(35-12-4-3-11-34(33)35)45-40-15-7-5-13-36(40)38-25-30(21-23-41(38)45)28-17-19-29(20-18-28)31-22-24-44-39(26-31)37-14-6-8-16-43(37)46-44/h1-27H. The fraction of sp³-hybridized carbons (Fsp3) is 0. The van der Waals surface area contributed by atoms with Crippen molar-refractivity contribution < 1.29 is 4.42 Å². The number of hydrogen-bond donors (Lipinski definition) is 0. The van der Waals surface area contributed by atoms with E-state index in [1.54, 1.807) is 0 Å². The van der Waals surface area contributed by atoms with Gasteiger partial charge in [-0.05, 0) is 80.9 Å². The third kappa shape index (κ3) is 3.71. The van der Waals surface area contributed by atoms with E-state index >= 15 is 0 Å². The zero-order chi connectivity index (χ0) is 30.2. The maximum absolute atomic E-state index is 6.05. The van der Waals surface area contributed by atoms with E-state index in [2.05, 4.69) is 156 Å². The van der Waals surface area contributed by atoms with Crippen LogP contribution < -0.4 is 0 Å². The van der Waals surface area contributed by atoms with Gasteiger partial charge in [0.05, 0.1) is 16.7 Å². The number of furan rings is 1. The first-order valence-corrected chi connectivity index (χ1v) is 15.8. The van der Waals surface area contributed by atoms with Gasteiger partial charge >= 0.3 is 0 Å². The molecule has 0 atom stereocenters. The summed E-state index contributed by atoms with van der Waals surface area (Å²) < 4.78 is 8.50. The van der Waals surface area contributed by atoms with Crippen LogP contribution in [0.1, 0.15) is 0 Å². The second-order valence-electron chi connectivity index (χ2n) is 12.1. The lowest BCUT2D eigenvalue weighted by atomic mass is 9.98. The van der Waals surface area contributed by atoms with Crippen molar-refractivity contribution in [1.29, 1.82) is 0 Å². The Bertz CT molecular complexity index is 2800. The molecule has 0 saturated carbocycles. The number of fused-ring (bicyclic) bond motifs is 9. The van der Waals surface area contributed by atoms with Crippen molar-refractivity contribution >= 4 is 65.3 Å². The maximum atomic E-state index is 6.05. The van der Waals surface area contributed by atoms with Gasteiger partial charge < -0.3 is 8.98 Å². The summed E-state index contributed by atoms with van der Waals surface area (Å²) in [5.41, 5.74) is 10.3. The molecule has 0 aliphatic heterocycles. The molecule has 8 aromatic carbocycles. The summed E-state index contributed by atoms with van der Waals surface area (Å²) in [5, 5.41) is 9.88. The predicted octanol–water partition coefficient (Wildman–Crippen LogP) is 12.3. The molecule has 2 heteroatoms. The van der Waals surface area contributed by atoms with Crippen LogP contribution in [0.5, 0.6) is 0 Å². The van der Waals surface area contributed by atoms with E-state index in [4.69, 9.17) is 4.42 Å². The normalized spacial score (nSPS) is 11.9. The predicted molar refractivity (Wildman–Crippen MR) is 194 cm³/mol. The largest absolute Gasteiger partial charge is 0.456 e. The lowest BCUT2D eigenvalue weighted by Gasteiger charge is -2.14. The van der Waals surface area contributed by atoms with Crippen molar-refractivity contribution in [2.75, 3.05) is 0 Å². The molecular formula is C44H27NO. The minimum Gasteiger partial charge on any atom is -0.456 e. The fourth-order valence-corrected chi connectivity index (χ4v) is 7.39. The highest BCUT2D eigenvalue weighted by Crippen LogP contribution is 2.39. The monoisotopic (exact) mass is 585 g/mol. The van der Waals surface area contributed by atoms with Gasteiger partial charge in [0.15, 0.2) is 0 Å². The summed E-state index contributed by atoms with van der Waals surface area (Å²) >= 11 is 0. The lowest BCUT2D eigenvalue weighted by molar-refractivity contribution is 0.669. The van der Waals surface area contributed by atoms with Gasteiger partial charge in [-0.2, -0.15) is 0 Å². The third-order valence-electron chi connectivity index (χ3n) is 9.59. The molecule has 0 unspecified atom stereocenters. The first kappa shape index (κ1) is 25.2. The highest BCUT2D eigenvalue weighted by atomic mass is 16.3. The van der Waals surface area contributed by atoms with Crippen molar-refractivity contribution in [2.24, 2.45) is 0 Å². The molecule has 0 spiro atoms. The van der Waals surface area contributed by atoms with Crippen molar-refractivity contribution in [1.82, 2.24) is 4.57 Å². The van der Waals surface area contributed by atoms with E-state index in [0.717, 1.165) is 21.9 Å². The average Bonchev–Trinajstić information content (AvgIpc) is 3.66. The summed E-state index contributed by atoms with van der Waals surface area (Å²) in [4.78, 5) is 0. The van der Waals surface area contributed by atoms with Gasteiger partial charge in [0, 0.05) is 26.9 Å². The molecule has 10 aromatic rings. The molecule has 2 aromatic heterocycles. The Hall–Kier alpha value is -6.12. The van der Waals surface area contributed by atoms with Crippen LogP contribution in [0.15, 0.2) is 168 Å². The smallest absolute Gasteiger partial charge is 0.135 e. The van der Waals surface area contributed by atoms with Crippen LogP contribution in [-0.2, 0) is 0 Å².